The second kappa shape index (κ2) is 5.30. The van der Waals surface area contributed by atoms with Gasteiger partial charge in [0.05, 0.1) is 6.04 Å². The number of nitrogens with two attached hydrogens (primary N) is 1. The highest BCUT2D eigenvalue weighted by Gasteiger charge is 2.21. The molecular weight excluding hydrogens is 174 g/mol. The summed E-state index contributed by atoms with van der Waals surface area (Å²) < 4.78 is 0. The average molecular weight is 195 g/mol. The van der Waals surface area contributed by atoms with Crippen molar-refractivity contribution in [2.45, 2.75) is 52.0 Å². The second-order valence-electron chi connectivity index (χ2n) is 4.46. The minimum atomic E-state index is -0.306. The van der Waals surface area contributed by atoms with Crippen LogP contribution >= 0.6 is 0 Å². The maximum Gasteiger partial charge on any atom is 0.175 e. The smallest absolute Gasteiger partial charge is 0.175 e. The van der Waals surface area contributed by atoms with Crippen LogP contribution in [0, 0.1) is 5.92 Å². The lowest BCUT2D eigenvalue weighted by Gasteiger charge is -2.15. The van der Waals surface area contributed by atoms with Crippen LogP contribution in [0.4, 0.5) is 0 Å². The van der Waals surface area contributed by atoms with Gasteiger partial charge in [0.15, 0.2) is 5.78 Å². The summed E-state index contributed by atoms with van der Waals surface area (Å²) in [5.74, 6) is 0.411. The lowest BCUT2D eigenvalue weighted by molar-refractivity contribution is -0.117. The van der Waals surface area contributed by atoms with Gasteiger partial charge in [-0.05, 0) is 37.2 Å². The van der Waals surface area contributed by atoms with Crippen LogP contribution in [-0.2, 0) is 4.79 Å². The normalized spacial score (nSPS) is 20.1. The maximum atomic E-state index is 11.9. The minimum absolute atomic E-state index is 0.168. The summed E-state index contributed by atoms with van der Waals surface area (Å²) in [5, 5.41) is 0. The lowest BCUT2D eigenvalue weighted by atomic mass is 9.93. The first-order valence-corrected chi connectivity index (χ1v) is 5.61. The Balaban J connectivity index is 2.62. The molecule has 80 valence electrons. The molecule has 0 bridgehead atoms. The fraction of sp³-hybridized carbons (Fsp3) is 0.750. The summed E-state index contributed by atoms with van der Waals surface area (Å²) in [7, 11) is 0. The van der Waals surface area contributed by atoms with E-state index in [2.05, 4.69) is 6.08 Å². The van der Waals surface area contributed by atoms with Gasteiger partial charge in [0, 0.05) is 0 Å². The molecular formula is C12H21NO. The van der Waals surface area contributed by atoms with Crippen LogP contribution in [0.15, 0.2) is 11.6 Å². The predicted molar refractivity (Wildman–Crippen MR) is 59.0 cm³/mol. The first kappa shape index (κ1) is 11.4. The molecule has 1 aliphatic rings. The fourth-order valence-electron chi connectivity index (χ4n) is 1.76. The van der Waals surface area contributed by atoms with E-state index in [0.29, 0.717) is 0 Å². The maximum absolute atomic E-state index is 11.9. The zero-order valence-corrected chi connectivity index (χ0v) is 9.25. The van der Waals surface area contributed by atoms with Crippen LogP contribution in [0.3, 0.4) is 0 Å². The van der Waals surface area contributed by atoms with Crippen molar-refractivity contribution >= 4 is 5.78 Å². The van der Waals surface area contributed by atoms with Gasteiger partial charge in [-0.3, -0.25) is 4.79 Å². The average Bonchev–Trinajstić information content (AvgIpc) is 2.43. The van der Waals surface area contributed by atoms with Gasteiger partial charge in [-0.1, -0.05) is 26.3 Å². The van der Waals surface area contributed by atoms with Crippen molar-refractivity contribution in [3.8, 4) is 0 Å². The van der Waals surface area contributed by atoms with E-state index < -0.39 is 0 Å². The molecule has 1 aliphatic carbocycles. The number of hydrogen-bond acceptors (Lipinski definition) is 2. The lowest BCUT2D eigenvalue weighted by Crippen LogP contribution is -2.36. The Kier molecular flexibility index (Phi) is 4.33. The number of ketones is 1. The van der Waals surface area contributed by atoms with Gasteiger partial charge in [-0.2, -0.15) is 0 Å². The molecule has 0 aromatic heterocycles. The largest absolute Gasteiger partial charge is 0.321 e. The molecule has 0 saturated heterocycles. The summed E-state index contributed by atoms with van der Waals surface area (Å²) in [4.78, 5) is 11.9. The van der Waals surface area contributed by atoms with Gasteiger partial charge in [-0.15, -0.1) is 0 Å². The summed E-state index contributed by atoms with van der Waals surface area (Å²) in [6.07, 6.45) is 7.67. The van der Waals surface area contributed by atoms with E-state index in [1.54, 1.807) is 0 Å². The third-order valence-electron chi connectivity index (χ3n) is 2.88. The van der Waals surface area contributed by atoms with E-state index in [9.17, 15) is 4.79 Å². The Morgan fingerprint density at radius 2 is 2.07 bits per heavy atom. The van der Waals surface area contributed by atoms with Crippen LogP contribution in [-0.4, -0.2) is 11.8 Å². The third-order valence-corrected chi connectivity index (χ3v) is 2.88. The number of carbonyl (C=O) groups excluding carboxylic acids is 1. The van der Waals surface area contributed by atoms with E-state index in [1.807, 2.05) is 13.8 Å². The summed E-state index contributed by atoms with van der Waals surface area (Å²) >= 11 is 0. The molecule has 2 nitrogen and oxygen atoms in total. The molecule has 2 N–H and O–H groups in total. The van der Waals surface area contributed by atoms with Crippen molar-refractivity contribution in [1.82, 2.24) is 0 Å². The molecule has 0 amide bonds. The Bertz CT molecular complexity index is 230. The molecule has 0 saturated carbocycles. The second-order valence-corrected chi connectivity index (χ2v) is 4.46. The van der Waals surface area contributed by atoms with Crippen molar-refractivity contribution in [1.29, 1.82) is 0 Å². The Morgan fingerprint density at radius 1 is 1.36 bits per heavy atom. The highest BCUT2D eigenvalue weighted by molar-refractivity contribution is 5.99. The topological polar surface area (TPSA) is 43.1 Å². The summed E-state index contributed by atoms with van der Waals surface area (Å²) in [6.45, 7) is 4.00. The van der Waals surface area contributed by atoms with E-state index in [1.165, 1.54) is 12.8 Å². The van der Waals surface area contributed by atoms with Crippen LogP contribution in [0.2, 0.25) is 0 Å². The highest BCUT2D eigenvalue weighted by atomic mass is 16.1. The van der Waals surface area contributed by atoms with E-state index >= 15 is 0 Å². The molecule has 14 heavy (non-hydrogen) atoms. The van der Waals surface area contributed by atoms with Crippen LogP contribution in [0.25, 0.3) is 0 Å². The van der Waals surface area contributed by atoms with E-state index in [4.69, 9.17) is 5.73 Å². The van der Waals surface area contributed by atoms with Crippen molar-refractivity contribution in [2.24, 2.45) is 11.7 Å². The molecule has 0 spiro atoms. The van der Waals surface area contributed by atoms with Crippen LogP contribution in [0.1, 0.15) is 46.0 Å². The standard InChI is InChI=1S/C12H21NO/c1-9(2)11(13)12(14)10-7-5-3-4-6-8-10/h7,9,11H,3-6,8,13H2,1-2H3. The Labute approximate surface area is 86.6 Å². The molecule has 0 aliphatic heterocycles. The quantitative estimate of drug-likeness (QED) is 0.751. The van der Waals surface area contributed by atoms with Gasteiger partial charge in [-0.25, -0.2) is 0 Å². The molecule has 1 unspecified atom stereocenters. The van der Waals surface area contributed by atoms with Gasteiger partial charge in [0.25, 0.3) is 0 Å². The molecule has 0 fully saturated rings. The predicted octanol–water partition coefficient (Wildman–Crippen LogP) is 2.43. The third kappa shape index (κ3) is 2.95. The molecule has 1 atom stereocenters. The molecule has 0 heterocycles. The van der Waals surface area contributed by atoms with Gasteiger partial charge in [0.1, 0.15) is 0 Å². The number of carbonyl (C=O) groups is 1. The monoisotopic (exact) mass is 195 g/mol. The minimum Gasteiger partial charge on any atom is -0.321 e. The zero-order valence-electron chi connectivity index (χ0n) is 9.25. The molecule has 0 radical (unpaired) electrons. The Hall–Kier alpha value is -0.630. The van der Waals surface area contributed by atoms with Gasteiger partial charge >= 0.3 is 0 Å². The molecule has 1 rings (SSSR count). The fourth-order valence-corrected chi connectivity index (χ4v) is 1.76. The molecule has 0 aromatic carbocycles. The number of hydrogen-bond donors (Lipinski definition) is 1. The van der Waals surface area contributed by atoms with Crippen LogP contribution < -0.4 is 5.73 Å². The van der Waals surface area contributed by atoms with Crippen molar-refractivity contribution < 1.29 is 4.79 Å². The number of Topliss-reactive ketones (excluding diaryl/α,β-unsaturated/α-hetero) is 1. The number of allylic oxidation sites excluding steroid dienone is 1. The Morgan fingerprint density at radius 3 is 2.71 bits per heavy atom. The first-order valence-electron chi connectivity index (χ1n) is 5.61. The SMILES string of the molecule is CC(C)C(N)C(=O)C1=CCCCCC1. The summed E-state index contributed by atoms with van der Waals surface area (Å²) in [6, 6.07) is -0.306. The van der Waals surface area contributed by atoms with E-state index in [-0.39, 0.29) is 17.7 Å². The first-order chi connectivity index (χ1) is 6.63. The zero-order chi connectivity index (χ0) is 10.6. The van der Waals surface area contributed by atoms with Crippen molar-refractivity contribution in [3.05, 3.63) is 11.6 Å². The van der Waals surface area contributed by atoms with Crippen molar-refractivity contribution in [2.75, 3.05) is 0 Å². The number of rotatable bonds is 3. The van der Waals surface area contributed by atoms with E-state index in [0.717, 1.165) is 24.8 Å². The summed E-state index contributed by atoms with van der Waals surface area (Å²) in [5.41, 5.74) is 6.83. The molecule has 2 heteroatoms. The van der Waals surface area contributed by atoms with Gasteiger partial charge in [0.2, 0.25) is 0 Å². The van der Waals surface area contributed by atoms with Crippen LogP contribution in [0.5, 0.6) is 0 Å². The van der Waals surface area contributed by atoms with Crippen molar-refractivity contribution in [3.63, 3.8) is 0 Å². The molecule has 0 aromatic rings. The van der Waals surface area contributed by atoms with Gasteiger partial charge < -0.3 is 5.73 Å². The highest BCUT2D eigenvalue weighted by Crippen LogP contribution is 2.19.